The number of hydrogen-bond donors (Lipinski definition) is 1. The summed E-state index contributed by atoms with van der Waals surface area (Å²) < 4.78 is 62.5. The highest BCUT2D eigenvalue weighted by Gasteiger charge is 2.26. The first kappa shape index (κ1) is 25.2. The fourth-order valence-electron chi connectivity index (χ4n) is 3.19. The Hall–Kier alpha value is -2.38. The Morgan fingerprint density at radius 2 is 1.76 bits per heavy atom. The van der Waals surface area contributed by atoms with Crippen molar-refractivity contribution in [3.05, 3.63) is 47.5 Å². The molecule has 10 nitrogen and oxygen atoms in total. The molecular formula is C20H24ClN3O7S2. The quantitative estimate of drug-likeness (QED) is 0.566. The van der Waals surface area contributed by atoms with Crippen LogP contribution in [-0.2, 0) is 29.6 Å². The Morgan fingerprint density at radius 3 is 2.30 bits per heavy atom. The van der Waals surface area contributed by atoms with Crippen LogP contribution in [0.5, 0.6) is 5.75 Å². The average Bonchev–Trinajstić information content (AvgIpc) is 2.77. The van der Waals surface area contributed by atoms with Crippen molar-refractivity contribution in [3.8, 4) is 5.75 Å². The zero-order chi connectivity index (χ0) is 24.2. The lowest BCUT2D eigenvalue weighted by molar-refractivity contribution is -0.114. The van der Waals surface area contributed by atoms with Crippen LogP contribution in [0.1, 0.15) is 0 Å². The number of nitrogens with zero attached hydrogens (tertiary/aromatic N) is 2. The molecule has 0 spiro atoms. The monoisotopic (exact) mass is 517 g/mol. The lowest BCUT2D eigenvalue weighted by Crippen LogP contribution is -2.40. The van der Waals surface area contributed by atoms with Gasteiger partial charge in [0.05, 0.1) is 42.2 Å². The summed E-state index contributed by atoms with van der Waals surface area (Å²) in [4.78, 5) is 12.7. The van der Waals surface area contributed by atoms with E-state index in [0.717, 1.165) is 10.6 Å². The van der Waals surface area contributed by atoms with Gasteiger partial charge in [-0.3, -0.25) is 9.10 Å². The Balaban J connectivity index is 1.72. The van der Waals surface area contributed by atoms with Crippen LogP contribution >= 0.6 is 11.6 Å². The molecule has 33 heavy (non-hydrogen) atoms. The number of ether oxygens (including phenoxy) is 2. The van der Waals surface area contributed by atoms with Crippen LogP contribution in [-0.4, -0.2) is 73.3 Å². The maximum absolute atomic E-state index is 12.7. The third-order valence-electron chi connectivity index (χ3n) is 4.86. The van der Waals surface area contributed by atoms with Gasteiger partial charge in [0.25, 0.3) is 0 Å². The summed E-state index contributed by atoms with van der Waals surface area (Å²) in [6, 6.07) is 10.0. The minimum atomic E-state index is -3.80. The first-order chi connectivity index (χ1) is 15.5. The second kappa shape index (κ2) is 10.3. The van der Waals surface area contributed by atoms with E-state index in [1.165, 1.54) is 53.9 Å². The minimum absolute atomic E-state index is 0.0908. The maximum atomic E-state index is 12.7. The van der Waals surface area contributed by atoms with Crippen molar-refractivity contribution in [2.45, 2.75) is 4.90 Å². The molecule has 2 aromatic rings. The van der Waals surface area contributed by atoms with Crippen molar-refractivity contribution in [1.82, 2.24) is 4.31 Å². The van der Waals surface area contributed by atoms with Gasteiger partial charge in [0.15, 0.2) is 0 Å². The van der Waals surface area contributed by atoms with Crippen molar-refractivity contribution < 1.29 is 31.1 Å². The van der Waals surface area contributed by atoms with E-state index in [1.54, 1.807) is 0 Å². The summed E-state index contributed by atoms with van der Waals surface area (Å²) in [5, 5.41) is 2.77. The van der Waals surface area contributed by atoms with E-state index in [2.05, 4.69) is 5.32 Å². The van der Waals surface area contributed by atoms with Gasteiger partial charge in [-0.1, -0.05) is 11.6 Å². The number of sulfonamides is 2. The molecule has 0 saturated carbocycles. The molecule has 2 aromatic carbocycles. The third kappa shape index (κ3) is 6.15. The molecule has 0 bridgehead atoms. The second-order valence-corrected chi connectivity index (χ2v) is 11.4. The molecule has 0 aliphatic carbocycles. The van der Waals surface area contributed by atoms with Crippen molar-refractivity contribution in [1.29, 1.82) is 0 Å². The number of rotatable bonds is 8. The Bertz CT molecular complexity index is 1210. The van der Waals surface area contributed by atoms with Crippen LogP contribution in [0.3, 0.4) is 0 Å². The number of morpholine rings is 1. The van der Waals surface area contributed by atoms with Gasteiger partial charge in [-0.2, -0.15) is 4.31 Å². The number of carbonyl (C=O) groups excluding carboxylic acids is 1. The van der Waals surface area contributed by atoms with Gasteiger partial charge < -0.3 is 14.8 Å². The molecule has 1 N–H and O–H groups in total. The standard InChI is InChI=1S/C20H24ClN3O7S2/c1-30-19-8-5-16(13-18(19)21)24(32(2,26)27)14-20(25)22-15-3-6-17(7-4-15)33(28,29)23-9-11-31-12-10-23/h3-8,13H,9-12,14H2,1-2H3,(H,22,25). The molecule has 1 fully saturated rings. The van der Waals surface area contributed by atoms with Crippen molar-refractivity contribution in [2.75, 3.05) is 55.8 Å². The lowest BCUT2D eigenvalue weighted by atomic mass is 10.3. The molecule has 1 amide bonds. The van der Waals surface area contributed by atoms with Gasteiger partial charge in [0.1, 0.15) is 12.3 Å². The van der Waals surface area contributed by atoms with Gasteiger partial charge in [0.2, 0.25) is 26.0 Å². The van der Waals surface area contributed by atoms with E-state index >= 15 is 0 Å². The van der Waals surface area contributed by atoms with Crippen molar-refractivity contribution in [3.63, 3.8) is 0 Å². The lowest BCUT2D eigenvalue weighted by Gasteiger charge is -2.26. The fraction of sp³-hybridized carbons (Fsp3) is 0.350. The van der Waals surface area contributed by atoms with Crippen LogP contribution in [0.25, 0.3) is 0 Å². The van der Waals surface area contributed by atoms with Gasteiger partial charge in [-0.05, 0) is 42.5 Å². The van der Waals surface area contributed by atoms with Crippen LogP contribution in [0.4, 0.5) is 11.4 Å². The molecule has 1 saturated heterocycles. The largest absolute Gasteiger partial charge is 0.495 e. The van der Waals surface area contributed by atoms with Gasteiger partial charge in [0, 0.05) is 18.8 Å². The number of anilines is 2. The summed E-state index contributed by atoms with van der Waals surface area (Å²) in [6.07, 6.45) is 0.976. The topological polar surface area (TPSA) is 122 Å². The normalized spacial score (nSPS) is 15.1. The highest BCUT2D eigenvalue weighted by molar-refractivity contribution is 7.92. The van der Waals surface area contributed by atoms with Gasteiger partial charge >= 0.3 is 0 Å². The maximum Gasteiger partial charge on any atom is 0.245 e. The SMILES string of the molecule is COc1ccc(N(CC(=O)Nc2ccc(S(=O)(=O)N3CCOCC3)cc2)S(C)(=O)=O)cc1Cl. The average molecular weight is 518 g/mol. The summed E-state index contributed by atoms with van der Waals surface area (Å²) in [5.74, 6) is -0.249. The molecule has 180 valence electrons. The number of halogens is 1. The number of carbonyl (C=O) groups is 1. The Labute approximate surface area is 198 Å². The number of nitrogens with one attached hydrogen (secondary N) is 1. The molecule has 0 unspecified atom stereocenters. The number of amides is 1. The number of benzene rings is 2. The molecule has 3 rings (SSSR count). The van der Waals surface area contributed by atoms with E-state index in [0.29, 0.717) is 24.7 Å². The first-order valence-electron chi connectivity index (χ1n) is 9.81. The third-order valence-corrected chi connectivity index (χ3v) is 8.21. The smallest absolute Gasteiger partial charge is 0.245 e. The Kier molecular flexibility index (Phi) is 7.85. The molecule has 0 radical (unpaired) electrons. The van der Waals surface area contributed by atoms with Crippen LogP contribution < -0.4 is 14.4 Å². The minimum Gasteiger partial charge on any atom is -0.495 e. The van der Waals surface area contributed by atoms with E-state index in [1.807, 2.05) is 0 Å². The summed E-state index contributed by atoms with van der Waals surface area (Å²) in [6.45, 7) is 0.720. The van der Waals surface area contributed by atoms with Crippen molar-refractivity contribution >= 4 is 48.9 Å². The predicted octanol–water partition coefficient (Wildman–Crippen LogP) is 1.77. The van der Waals surface area contributed by atoms with E-state index in [9.17, 15) is 21.6 Å². The van der Waals surface area contributed by atoms with Gasteiger partial charge in [-0.15, -0.1) is 0 Å². The zero-order valence-electron chi connectivity index (χ0n) is 18.0. The van der Waals surface area contributed by atoms with Crippen LogP contribution in [0.2, 0.25) is 5.02 Å². The molecule has 0 atom stereocenters. The molecular weight excluding hydrogens is 494 g/mol. The predicted molar refractivity (Wildman–Crippen MR) is 125 cm³/mol. The summed E-state index contributed by atoms with van der Waals surface area (Å²) in [5.41, 5.74) is 0.521. The number of methoxy groups -OCH3 is 1. The molecule has 13 heteroatoms. The second-order valence-electron chi connectivity index (χ2n) is 7.18. The van der Waals surface area contributed by atoms with Crippen LogP contribution in [0, 0.1) is 0 Å². The molecule has 1 aliphatic rings. The summed E-state index contributed by atoms with van der Waals surface area (Å²) >= 11 is 6.09. The van der Waals surface area contributed by atoms with E-state index in [4.69, 9.17) is 21.1 Å². The number of hydrogen-bond acceptors (Lipinski definition) is 7. The van der Waals surface area contributed by atoms with Crippen molar-refractivity contribution in [2.24, 2.45) is 0 Å². The van der Waals surface area contributed by atoms with Gasteiger partial charge in [-0.25, -0.2) is 16.8 Å². The highest BCUT2D eigenvalue weighted by atomic mass is 35.5. The fourth-order valence-corrected chi connectivity index (χ4v) is 5.70. The van der Waals surface area contributed by atoms with Crippen LogP contribution in [0.15, 0.2) is 47.4 Å². The first-order valence-corrected chi connectivity index (χ1v) is 13.5. The highest BCUT2D eigenvalue weighted by Crippen LogP contribution is 2.30. The molecule has 1 aliphatic heterocycles. The van der Waals surface area contributed by atoms with E-state index in [-0.39, 0.29) is 28.7 Å². The summed E-state index contributed by atoms with van der Waals surface area (Å²) in [7, 11) is -6.03. The zero-order valence-corrected chi connectivity index (χ0v) is 20.4. The van der Waals surface area contributed by atoms with E-state index < -0.39 is 32.5 Å². The Morgan fingerprint density at radius 1 is 1.12 bits per heavy atom. The molecule has 0 aromatic heterocycles. The molecule has 1 heterocycles.